The van der Waals surface area contributed by atoms with E-state index in [1.807, 2.05) is 13.8 Å². The van der Waals surface area contributed by atoms with Crippen LogP contribution in [0.4, 0.5) is 0 Å². The van der Waals surface area contributed by atoms with Crippen molar-refractivity contribution in [3.05, 3.63) is 0 Å². The second-order valence-corrected chi connectivity index (χ2v) is 3.69. The van der Waals surface area contributed by atoms with E-state index in [-0.39, 0.29) is 11.7 Å². The molecule has 0 amide bonds. The molecule has 0 bridgehead atoms. The number of carbonyl (C=O) groups excluding carboxylic acids is 1. The quantitative estimate of drug-likeness (QED) is 0.592. The van der Waals surface area contributed by atoms with Gasteiger partial charge in [0.1, 0.15) is 5.60 Å². The van der Waals surface area contributed by atoms with E-state index in [9.17, 15) is 9.90 Å². The second-order valence-electron chi connectivity index (χ2n) is 3.69. The maximum absolute atomic E-state index is 11.1. The van der Waals surface area contributed by atoms with Gasteiger partial charge >= 0.3 is 0 Å². The smallest absolute Gasteiger partial charge is 0.167 e. The van der Waals surface area contributed by atoms with E-state index in [1.165, 1.54) is 0 Å². The largest absolute Gasteiger partial charge is 0.382 e. The average Bonchev–Trinajstić information content (AvgIpc) is 1.82. The van der Waals surface area contributed by atoms with Gasteiger partial charge in [-0.3, -0.25) is 4.79 Å². The molecule has 2 unspecified atom stereocenters. The molecular formula is C8H14O2. The summed E-state index contributed by atoms with van der Waals surface area (Å²) >= 11 is 0. The molecule has 0 aromatic carbocycles. The molecule has 2 nitrogen and oxygen atoms in total. The lowest BCUT2D eigenvalue weighted by molar-refractivity contribution is -0.160. The van der Waals surface area contributed by atoms with Crippen LogP contribution in [0.3, 0.4) is 0 Å². The Morgan fingerprint density at radius 2 is 2.20 bits per heavy atom. The van der Waals surface area contributed by atoms with Crippen LogP contribution in [0.1, 0.15) is 27.2 Å². The van der Waals surface area contributed by atoms with E-state index in [1.54, 1.807) is 6.92 Å². The first-order valence-electron chi connectivity index (χ1n) is 3.72. The van der Waals surface area contributed by atoms with Gasteiger partial charge in [-0.1, -0.05) is 13.8 Å². The van der Waals surface area contributed by atoms with Gasteiger partial charge in [-0.15, -0.1) is 0 Å². The molecular weight excluding hydrogens is 128 g/mol. The monoisotopic (exact) mass is 142 g/mol. The van der Waals surface area contributed by atoms with Crippen LogP contribution >= 0.6 is 0 Å². The molecule has 0 aliphatic heterocycles. The summed E-state index contributed by atoms with van der Waals surface area (Å²) in [5, 5.41) is 9.25. The normalized spacial score (nSPS) is 40.1. The fraction of sp³-hybridized carbons (Fsp3) is 0.875. The third-order valence-corrected chi connectivity index (χ3v) is 2.29. The van der Waals surface area contributed by atoms with Crippen LogP contribution in [-0.4, -0.2) is 16.5 Å². The molecule has 0 aromatic rings. The Hall–Kier alpha value is -0.370. The lowest BCUT2D eigenvalue weighted by Crippen LogP contribution is -2.54. The predicted octanol–water partition coefficient (Wildman–Crippen LogP) is 0.982. The Labute approximate surface area is 61.2 Å². The molecule has 2 atom stereocenters. The van der Waals surface area contributed by atoms with Gasteiger partial charge in [0.2, 0.25) is 0 Å². The Bertz CT molecular complexity index is 159. The fourth-order valence-corrected chi connectivity index (χ4v) is 1.43. The minimum Gasteiger partial charge on any atom is -0.382 e. The SMILES string of the molecule is CC(C)C1CC(C)(O)C1=O. The first-order valence-corrected chi connectivity index (χ1v) is 3.72. The van der Waals surface area contributed by atoms with Crippen molar-refractivity contribution in [2.75, 3.05) is 0 Å². The van der Waals surface area contributed by atoms with E-state index in [2.05, 4.69) is 0 Å². The number of hydrogen-bond donors (Lipinski definition) is 1. The van der Waals surface area contributed by atoms with Crippen LogP contribution in [0.5, 0.6) is 0 Å². The van der Waals surface area contributed by atoms with E-state index >= 15 is 0 Å². The molecule has 1 N–H and O–H groups in total. The van der Waals surface area contributed by atoms with Gasteiger partial charge in [0, 0.05) is 5.92 Å². The van der Waals surface area contributed by atoms with Crippen LogP contribution in [0, 0.1) is 11.8 Å². The molecule has 0 radical (unpaired) electrons. The zero-order chi connectivity index (χ0) is 7.94. The van der Waals surface area contributed by atoms with Crippen LogP contribution in [0.25, 0.3) is 0 Å². The summed E-state index contributed by atoms with van der Waals surface area (Å²) in [4.78, 5) is 11.1. The van der Waals surface area contributed by atoms with Crippen LogP contribution < -0.4 is 0 Å². The molecule has 0 aromatic heterocycles. The van der Waals surface area contributed by atoms with Crippen molar-refractivity contribution in [3.8, 4) is 0 Å². The molecule has 58 valence electrons. The van der Waals surface area contributed by atoms with Crippen molar-refractivity contribution in [2.24, 2.45) is 11.8 Å². The van der Waals surface area contributed by atoms with Crippen molar-refractivity contribution in [1.82, 2.24) is 0 Å². The van der Waals surface area contributed by atoms with Crippen molar-refractivity contribution in [1.29, 1.82) is 0 Å². The Morgan fingerprint density at radius 3 is 2.30 bits per heavy atom. The summed E-state index contributed by atoms with van der Waals surface area (Å²) in [6, 6.07) is 0. The van der Waals surface area contributed by atoms with Crippen molar-refractivity contribution in [3.63, 3.8) is 0 Å². The van der Waals surface area contributed by atoms with Gasteiger partial charge in [0.25, 0.3) is 0 Å². The summed E-state index contributed by atoms with van der Waals surface area (Å²) in [5.74, 6) is 0.505. The van der Waals surface area contributed by atoms with E-state index < -0.39 is 5.60 Å². The van der Waals surface area contributed by atoms with Gasteiger partial charge in [-0.25, -0.2) is 0 Å². The minimum absolute atomic E-state index is 0.0162. The van der Waals surface area contributed by atoms with E-state index in [4.69, 9.17) is 0 Å². The number of ketones is 1. The Balaban J connectivity index is 2.55. The minimum atomic E-state index is -1.01. The zero-order valence-corrected chi connectivity index (χ0v) is 6.72. The first kappa shape index (κ1) is 7.73. The lowest BCUT2D eigenvalue weighted by atomic mass is 9.66. The molecule has 1 fully saturated rings. The first-order chi connectivity index (χ1) is 4.45. The lowest BCUT2D eigenvalue weighted by Gasteiger charge is -2.41. The van der Waals surface area contributed by atoms with Crippen LogP contribution in [-0.2, 0) is 4.79 Å². The molecule has 0 spiro atoms. The Morgan fingerprint density at radius 1 is 1.70 bits per heavy atom. The summed E-state index contributed by atoms with van der Waals surface area (Å²) in [7, 11) is 0. The van der Waals surface area contributed by atoms with Crippen LogP contribution in [0.15, 0.2) is 0 Å². The number of aliphatic hydroxyl groups is 1. The summed E-state index contributed by atoms with van der Waals surface area (Å²) in [6.07, 6.45) is 0.642. The second kappa shape index (κ2) is 2.06. The van der Waals surface area contributed by atoms with Crippen molar-refractivity contribution in [2.45, 2.75) is 32.8 Å². The van der Waals surface area contributed by atoms with Gasteiger partial charge in [0.05, 0.1) is 0 Å². The summed E-state index contributed by atoms with van der Waals surface area (Å²) < 4.78 is 0. The third-order valence-electron chi connectivity index (χ3n) is 2.29. The zero-order valence-electron chi connectivity index (χ0n) is 6.72. The van der Waals surface area contributed by atoms with Gasteiger partial charge < -0.3 is 5.11 Å². The Kier molecular flexibility index (Phi) is 1.59. The fourth-order valence-electron chi connectivity index (χ4n) is 1.43. The maximum atomic E-state index is 11.1. The molecule has 1 aliphatic carbocycles. The number of hydrogen-bond acceptors (Lipinski definition) is 2. The molecule has 2 heteroatoms. The molecule has 1 aliphatic rings. The third kappa shape index (κ3) is 0.966. The molecule has 0 saturated heterocycles. The van der Waals surface area contributed by atoms with Gasteiger partial charge in [-0.2, -0.15) is 0 Å². The number of Topliss-reactive ketones (excluding diaryl/α,β-unsaturated/α-hetero) is 1. The summed E-state index contributed by atoms with van der Waals surface area (Å²) in [5.41, 5.74) is -1.01. The maximum Gasteiger partial charge on any atom is 0.167 e. The highest BCUT2D eigenvalue weighted by Gasteiger charge is 2.49. The molecule has 0 heterocycles. The molecule has 1 saturated carbocycles. The van der Waals surface area contributed by atoms with Gasteiger partial charge in [0.15, 0.2) is 5.78 Å². The van der Waals surface area contributed by atoms with Crippen molar-refractivity contribution >= 4 is 5.78 Å². The van der Waals surface area contributed by atoms with Gasteiger partial charge in [-0.05, 0) is 19.3 Å². The van der Waals surface area contributed by atoms with Crippen molar-refractivity contribution < 1.29 is 9.90 Å². The molecule has 1 rings (SSSR count). The highest BCUT2D eigenvalue weighted by atomic mass is 16.3. The summed E-state index contributed by atoms with van der Waals surface area (Å²) in [6.45, 7) is 5.61. The predicted molar refractivity (Wildman–Crippen MR) is 38.6 cm³/mol. The highest BCUT2D eigenvalue weighted by molar-refractivity contribution is 5.94. The highest BCUT2D eigenvalue weighted by Crippen LogP contribution is 2.37. The number of carbonyl (C=O) groups is 1. The number of rotatable bonds is 1. The average molecular weight is 142 g/mol. The van der Waals surface area contributed by atoms with E-state index in [0.29, 0.717) is 12.3 Å². The standard InChI is InChI=1S/C8H14O2/c1-5(2)6-4-8(3,10)7(6)9/h5-6,10H,4H2,1-3H3. The van der Waals surface area contributed by atoms with Crippen LogP contribution in [0.2, 0.25) is 0 Å². The topological polar surface area (TPSA) is 37.3 Å². The van der Waals surface area contributed by atoms with E-state index in [0.717, 1.165) is 0 Å². The molecule has 10 heavy (non-hydrogen) atoms.